The molecule has 6 heteroatoms. The highest BCUT2D eigenvalue weighted by Gasteiger charge is 2.24. The quantitative estimate of drug-likeness (QED) is 0.139. The Morgan fingerprint density at radius 1 is 0.692 bits per heavy atom. The molecule has 0 aliphatic heterocycles. The summed E-state index contributed by atoms with van der Waals surface area (Å²) in [6, 6.07) is 0. The maximum atomic E-state index is 11.7. The first-order valence-electron chi connectivity index (χ1n) is 11.0. The summed E-state index contributed by atoms with van der Waals surface area (Å²) >= 11 is 0. The van der Waals surface area contributed by atoms with Gasteiger partial charge in [-0.3, -0.25) is 4.52 Å². The molecule has 0 spiro atoms. The molecule has 1 atom stereocenters. The van der Waals surface area contributed by atoms with Crippen molar-refractivity contribution in [2.24, 2.45) is 0 Å². The molecule has 0 saturated carbocycles. The lowest BCUT2D eigenvalue weighted by atomic mass is 10.0. The summed E-state index contributed by atoms with van der Waals surface area (Å²) in [4.78, 5) is 9.62. The Morgan fingerprint density at radius 2 is 1.08 bits per heavy atom. The van der Waals surface area contributed by atoms with E-state index < -0.39 is 7.82 Å². The second-order valence-electron chi connectivity index (χ2n) is 7.09. The van der Waals surface area contributed by atoms with E-state index in [1.54, 1.807) is 0 Å². The number of phosphoric ester groups is 1. The summed E-state index contributed by atoms with van der Waals surface area (Å²) in [5, 5.41) is 1.44. The molecule has 0 bridgehead atoms. The number of hydrogen-bond donors (Lipinski definition) is 1. The van der Waals surface area contributed by atoms with Gasteiger partial charge < -0.3 is 4.89 Å². The first-order chi connectivity index (χ1) is 12.6. The lowest BCUT2D eigenvalue weighted by Crippen LogP contribution is -2.22. The van der Waals surface area contributed by atoms with Crippen LogP contribution in [0.2, 0.25) is 0 Å². The van der Waals surface area contributed by atoms with Crippen LogP contribution in [0.4, 0.5) is 0 Å². The molecular weight excluding hydrogens is 349 g/mol. The molecule has 0 amide bonds. The molecule has 0 rings (SSSR count). The summed E-state index contributed by atoms with van der Waals surface area (Å²) in [7, 11) is -3.94. The molecule has 0 fully saturated rings. The van der Waals surface area contributed by atoms with Crippen LogP contribution in [0.25, 0.3) is 0 Å². The topological polar surface area (TPSA) is 59.0 Å². The number of rotatable bonds is 20. The Morgan fingerprint density at radius 3 is 1.46 bits per heavy atom. The summed E-state index contributed by atoms with van der Waals surface area (Å²) in [6.45, 7) is 7.41. The minimum absolute atomic E-state index is 0.285. The van der Waals surface area contributed by atoms with Crippen molar-refractivity contribution >= 4 is 7.82 Å². The highest BCUT2D eigenvalue weighted by molar-refractivity contribution is 7.47. The third-order valence-electron chi connectivity index (χ3n) is 4.68. The highest BCUT2D eigenvalue weighted by Crippen LogP contribution is 2.44. The second kappa shape index (κ2) is 18.4. The first-order valence-corrected chi connectivity index (χ1v) is 12.5. The molecule has 0 aliphatic rings. The van der Waals surface area contributed by atoms with Gasteiger partial charge in [0.05, 0.1) is 6.61 Å². The van der Waals surface area contributed by atoms with Crippen LogP contribution in [0.1, 0.15) is 111 Å². The average Bonchev–Trinajstić information content (AvgIpc) is 2.63. The van der Waals surface area contributed by atoms with E-state index in [2.05, 4.69) is 6.92 Å². The van der Waals surface area contributed by atoms with E-state index in [-0.39, 0.29) is 6.61 Å². The van der Waals surface area contributed by atoms with Crippen LogP contribution < -0.4 is 0 Å². The SMILES string of the molecule is CCCCCCCCCCCCCCCCOP(=O)(O)ON(CC)CC. The molecule has 0 heterocycles. The molecule has 1 unspecified atom stereocenters. The number of nitrogens with zero attached hydrogens (tertiary/aromatic N) is 1. The fraction of sp³-hybridized carbons (Fsp3) is 1.00. The van der Waals surface area contributed by atoms with Gasteiger partial charge in [0.1, 0.15) is 0 Å². The van der Waals surface area contributed by atoms with Crippen molar-refractivity contribution < 1.29 is 18.6 Å². The van der Waals surface area contributed by atoms with Gasteiger partial charge in [0.15, 0.2) is 0 Å². The molecule has 0 aromatic heterocycles. The molecular formula is C20H44NO4P. The highest BCUT2D eigenvalue weighted by atomic mass is 31.2. The van der Waals surface area contributed by atoms with Crippen molar-refractivity contribution in [1.29, 1.82) is 0 Å². The Bertz CT molecular complexity index is 338. The fourth-order valence-corrected chi connectivity index (χ4v) is 3.91. The second-order valence-corrected chi connectivity index (χ2v) is 8.45. The van der Waals surface area contributed by atoms with Gasteiger partial charge in [0.25, 0.3) is 0 Å². The largest absolute Gasteiger partial charge is 0.489 e. The molecule has 0 saturated heterocycles. The van der Waals surface area contributed by atoms with Gasteiger partial charge in [-0.1, -0.05) is 104 Å². The Kier molecular flexibility index (Phi) is 18.5. The smallest absolute Gasteiger partial charge is 0.301 e. The predicted octanol–water partition coefficient (Wildman–Crippen LogP) is 6.86. The molecule has 0 aromatic rings. The predicted molar refractivity (Wildman–Crippen MR) is 110 cm³/mol. The Hall–Kier alpha value is 0.0700. The lowest BCUT2D eigenvalue weighted by Gasteiger charge is -2.20. The number of unbranched alkanes of at least 4 members (excludes halogenated alkanes) is 13. The Balaban J connectivity index is 3.32. The molecule has 158 valence electrons. The molecule has 0 radical (unpaired) electrons. The van der Waals surface area contributed by atoms with E-state index in [1.165, 1.54) is 82.1 Å². The van der Waals surface area contributed by atoms with Crippen molar-refractivity contribution in [1.82, 2.24) is 5.06 Å². The van der Waals surface area contributed by atoms with Crippen LogP contribution in [0.5, 0.6) is 0 Å². The van der Waals surface area contributed by atoms with Crippen LogP contribution in [0.3, 0.4) is 0 Å². The van der Waals surface area contributed by atoms with Gasteiger partial charge in [0.2, 0.25) is 0 Å². The van der Waals surface area contributed by atoms with E-state index >= 15 is 0 Å². The number of hydroxylamine groups is 2. The van der Waals surface area contributed by atoms with Gasteiger partial charge in [0, 0.05) is 13.1 Å². The van der Waals surface area contributed by atoms with Crippen molar-refractivity contribution in [2.75, 3.05) is 19.7 Å². The van der Waals surface area contributed by atoms with Crippen molar-refractivity contribution in [2.45, 2.75) is 111 Å². The molecule has 5 nitrogen and oxygen atoms in total. The standard InChI is InChI=1S/C20H44NO4P/c1-4-7-8-9-10-11-12-13-14-15-16-17-18-19-20-24-26(22,23)25-21(5-2)6-3/h4-20H2,1-3H3,(H,22,23). The van der Waals surface area contributed by atoms with Crippen LogP contribution in [-0.4, -0.2) is 29.7 Å². The zero-order chi connectivity index (χ0) is 19.5. The van der Waals surface area contributed by atoms with Crippen molar-refractivity contribution in [3.63, 3.8) is 0 Å². The van der Waals surface area contributed by atoms with Crippen molar-refractivity contribution in [3.05, 3.63) is 0 Å². The summed E-state index contributed by atoms with van der Waals surface area (Å²) in [5.74, 6) is 0. The normalized spacial score (nSPS) is 14.0. The summed E-state index contributed by atoms with van der Waals surface area (Å²) in [6.07, 6.45) is 18.0. The van der Waals surface area contributed by atoms with Gasteiger partial charge in [-0.25, -0.2) is 4.57 Å². The third kappa shape index (κ3) is 17.5. The van der Waals surface area contributed by atoms with Crippen LogP contribution in [0.15, 0.2) is 0 Å². The van der Waals surface area contributed by atoms with E-state index in [9.17, 15) is 9.46 Å². The van der Waals surface area contributed by atoms with E-state index in [4.69, 9.17) is 9.15 Å². The zero-order valence-corrected chi connectivity index (χ0v) is 18.5. The first kappa shape index (κ1) is 26.1. The Labute approximate surface area is 162 Å². The molecule has 0 aromatic carbocycles. The zero-order valence-electron chi connectivity index (χ0n) is 17.6. The summed E-state index contributed by atoms with van der Waals surface area (Å²) in [5.41, 5.74) is 0. The van der Waals surface area contributed by atoms with Gasteiger partial charge in [-0.15, -0.1) is 0 Å². The average molecular weight is 394 g/mol. The molecule has 1 N–H and O–H groups in total. The van der Waals surface area contributed by atoms with Crippen LogP contribution in [-0.2, 0) is 13.7 Å². The van der Waals surface area contributed by atoms with Gasteiger partial charge in [-0.05, 0) is 6.42 Å². The number of hydrogen-bond acceptors (Lipinski definition) is 4. The summed E-state index contributed by atoms with van der Waals surface area (Å²) < 4.78 is 21.7. The van der Waals surface area contributed by atoms with Gasteiger partial charge >= 0.3 is 7.82 Å². The third-order valence-corrected chi connectivity index (χ3v) is 5.62. The van der Waals surface area contributed by atoms with E-state index in [1.807, 2.05) is 13.8 Å². The van der Waals surface area contributed by atoms with Gasteiger partial charge in [-0.2, -0.15) is 9.69 Å². The van der Waals surface area contributed by atoms with Crippen molar-refractivity contribution in [3.8, 4) is 0 Å². The number of phosphoric acid groups is 1. The van der Waals surface area contributed by atoms with Crippen LogP contribution in [0, 0.1) is 0 Å². The maximum Gasteiger partial charge on any atom is 0.489 e. The minimum Gasteiger partial charge on any atom is -0.301 e. The molecule has 0 aliphatic carbocycles. The fourth-order valence-electron chi connectivity index (χ4n) is 2.99. The molecule has 26 heavy (non-hydrogen) atoms. The minimum atomic E-state index is -3.94. The monoisotopic (exact) mass is 393 g/mol. The lowest BCUT2D eigenvalue weighted by molar-refractivity contribution is -0.0788. The van der Waals surface area contributed by atoms with Crippen LogP contribution >= 0.6 is 7.82 Å². The van der Waals surface area contributed by atoms with E-state index in [0.717, 1.165) is 12.8 Å². The maximum absolute atomic E-state index is 11.7. The van der Waals surface area contributed by atoms with E-state index in [0.29, 0.717) is 13.1 Å².